The minimum atomic E-state index is -0.167. The summed E-state index contributed by atoms with van der Waals surface area (Å²) in [7, 11) is 1.84. The first kappa shape index (κ1) is 14.5. The van der Waals surface area contributed by atoms with Crippen LogP contribution in [0, 0.1) is 6.92 Å². The molecule has 1 aromatic heterocycles. The molecule has 2 rings (SSSR count). The molecule has 1 amide bonds. The van der Waals surface area contributed by atoms with Crippen molar-refractivity contribution in [2.24, 2.45) is 0 Å². The molecule has 1 saturated heterocycles. The highest BCUT2D eigenvalue weighted by Crippen LogP contribution is 2.26. The number of hydrogen-bond acceptors (Lipinski definition) is 4. The van der Waals surface area contributed by atoms with Gasteiger partial charge >= 0.3 is 0 Å². The number of amides is 1. The average molecular weight is 282 g/mol. The van der Waals surface area contributed by atoms with Crippen LogP contribution < -0.4 is 5.32 Å². The van der Waals surface area contributed by atoms with Crippen LogP contribution in [0.5, 0.6) is 0 Å². The fourth-order valence-electron chi connectivity index (χ4n) is 2.00. The van der Waals surface area contributed by atoms with Gasteiger partial charge in [-0.25, -0.2) is 0 Å². The number of rotatable bonds is 5. The normalized spacial score (nSPS) is 18.7. The molecule has 1 aliphatic heterocycles. The monoisotopic (exact) mass is 282 g/mol. The highest BCUT2D eigenvalue weighted by atomic mass is 32.1. The van der Waals surface area contributed by atoms with E-state index in [2.05, 4.69) is 31.3 Å². The van der Waals surface area contributed by atoms with E-state index in [1.54, 1.807) is 16.2 Å². The number of aryl methyl sites for hydroxylation is 1. The lowest BCUT2D eigenvalue weighted by Gasteiger charge is -2.39. The fourth-order valence-corrected chi connectivity index (χ4v) is 2.97. The number of likely N-dealkylation sites (N-methyl/N-ethyl adjacent to an activating group) is 1. The van der Waals surface area contributed by atoms with Crippen LogP contribution in [0.4, 0.5) is 0 Å². The Morgan fingerprint density at radius 3 is 2.74 bits per heavy atom. The first-order valence-corrected chi connectivity index (χ1v) is 7.40. The third kappa shape index (κ3) is 3.35. The molecule has 19 heavy (non-hydrogen) atoms. The van der Waals surface area contributed by atoms with Gasteiger partial charge in [0.2, 0.25) is 5.91 Å². The van der Waals surface area contributed by atoms with E-state index in [4.69, 9.17) is 4.74 Å². The maximum Gasteiger partial charge on any atom is 0.248 e. The Labute approximate surface area is 118 Å². The lowest BCUT2D eigenvalue weighted by molar-refractivity contribution is -0.146. The predicted octanol–water partition coefficient (Wildman–Crippen LogP) is 1.95. The summed E-state index contributed by atoms with van der Waals surface area (Å²) >= 11 is 1.74. The quantitative estimate of drug-likeness (QED) is 0.897. The van der Waals surface area contributed by atoms with Crippen LogP contribution in [0.3, 0.4) is 0 Å². The van der Waals surface area contributed by atoms with Gasteiger partial charge in [-0.1, -0.05) is 0 Å². The Balaban J connectivity index is 1.87. The molecule has 0 spiro atoms. The van der Waals surface area contributed by atoms with Crippen molar-refractivity contribution in [3.8, 4) is 0 Å². The summed E-state index contributed by atoms with van der Waals surface area (Å²) in [5, 5.41) is 3.16. The van der Waals surface area contributed by atoms with Crippen LogP contribution >= 0.6 is 11.3 Å². The van der Waals surface area contributed by atoms with Gasteiger partial charge < -0.3 is 15.0 Å². The zero-order chi connectivity index (χ0) is 14.0. The molecule has 2 heterocycles. The molecule has 4 nitrogen and oxygen atoms in total. The standard InChI is InChI=1S/C14H22N2O2S/c1-10-5-6-12(19-10)11(2)16(4)13(17)7-18-14(3)8-15-9-14/h5-6,11,15H,7-9H2,1-4H3. The lowest BCUT2D eigenvalue weighted by atomic mass is 10.0. The van der Waals surface area contributed by atoms with E-state index >= 15 is 0 Å². The maximum atomic E-state index is 12.1. The molecule has 1 atom stereocenters. The second kappa shape index (κ2) is 5.61. The lowest BCUT2D eigenvalue weighted by Crippen LogP contribution is -2.59. The van der Waals surface area contributed by atoms with Crippen molar-refractivity contribution in [1.82, 2.24) is 10.2 Å². The number of ether oxygens (including phenoxy) is 1. The molecule has 0 bridgehead atoms. The van der Waals surface area contributed by atoms with Crippen molar-refractivity contribution in [2.75, 3.05) is 26.7 Å². The van der Waals surface area contributed by atoms with Gasteiger partial charge in [-0.3, -0.25) is 4.79 Å². The molecule has 1 aromatic rings. The van der Waals surface area contributed by atoms with E-state index in [1.807, 2.05) is 14.0 Å². The molecule has 0 radical (unpaired) electrons. The van der Waals surface area contributed by atoms with E-state index in [-0.39, 0.29) is 24.2 Å². The average Bonchev–Trinajstić information content (AvgIpc) is 2.78. The van der Waals surface area contributed by atoms with Crippen molar-refractivity contribution >= 4 is 17.2 Å². The molecule has 1 unspecified atom stereocenters. The maximum absolute atomic E-state index is 12.1. The number of hydrogen-bond donors (Lipinski definition) is 1. The summed E-state index contributed by atoms with van der Waals surface area (Å²) in [5.41, 5.74) is -0.167. The van der Waals surface area contributed by atoms with Gasteiger partial charge in [0.25, 0.3) is 0 Å². The highest BCUT2D eigenvalue weighted by molar-refractivity contribution is 7.12. The molecule has 1 aliphatic rings. The summed E-state index contributed by atoms with van der Waals surface area (Å²) in [4.78, 5) is 16.4. The first-order valence-electron chi connectivity index (χ1n) is 6.58. The van der Waals surface area contributed by atoms with Gasteiger partial charge in [-0.2, -0.15) is 0 Å². The summed E-state index contributed by atoms with van der Waals surface area (Å²) in [5.74, 6) is 0.0340. The SMILES string of the molecule is Cc1ccc(C(C)N(C)C(=O)COC2(C)CNC2)s1. The van der Waals surface area contributed by atoms with Crippen LogP contribution in [0.15, 0.2) is 12.1 Å². The van der Waals surface area contributed by atoms with Crippen LogP contribution in [0.1, 0.15) is 29.6 Å². The van der Waals surface area contributed by atoms with Crippen molar-refractivity contribution in [3.05, 3.63) is 21.9 Å². The number of thiophene rings is 1. The molecule has 1 fully saturated rings. The topological polar surface area (TPSA) is 41.6 Å². The van der Waals surface area contributed by atoms with E-state index in [1.165, 1.54) is 9.75 Å². The van der Waals surface area contributed by atoms with Crippen molar-refractivity contribution in [2.45, 2.75) is 32.4 Å². The van der Waals surface area contributed by atoms with Crippen LogP contribution in [-0.2, 0) is 9.53 Å². The van der Waals surface area contributed by atoms with Crippen molar-refractivity contribution in [1.29, 1.82) is 0 Å². The largest absolute Gasteiger partial charge is 0.363 e. The van der Waals surface area contributed by atoms with Crippen LogP contribution in [0.25, 0.3) is 0 Å². The predicted molar refractivity (Wildman–Crippen MR) is 77.5 cm³/mol. The van der Waals surface area contributed by atoms with Gasteiger partial charge in [0.1, 0.15) is 6.61 Å². The Kier molecular flexibility index (Phi) is 4.28. The van der Waals surface area contributed by atoms with Gasteiger partial charge in [0.05, 0.1) is 11.6 Å². The minimum absolute atomic E-state index is 0.0340. The molecule has 106 valence electrons. The highest BCUT2D eigenvalue weighted by Gasteiger charge is 2.33. The number of carbonyl (C=O) groups excluding carboxylic acids is 1. The molecular weight excluding hydrogens is 260 g/mol. The Morgan fingerprint density at radius 2 is 2.26 bits per heavy atom. The Morgan fingerprint density at radius 1 is 1.58 bits per heavy atom. The van der Waals surface area contributed by atoms with Gasteiger partial charge in [0, 0.05) is 29.9 Å². The number of nitrogens with zero attached hydrogens (tertiary/aromatic N) is 1. The minimum Gasteiger partial charge on any atom is -0.363 e. The molecule has 0 aliphatic carbocycles. The molecular formula is C14H22N2O2S. The molecule has 1 N–H and O–H groups in total. The van der Waals surface area contributed by atoms with E-state index in [9.17, 15) is 4.79 Å². The number of nitrogens with one attached hydrogen (secondary N) is 1. The van der Waals surface area contributed by atoms with E-state index in [0.717, 1.165) is 13.1 Å². The Bertz CT molecular complexity index is 454. The summed E-state index contributed by atoms with van der Waals surface area (Å²) in [6, 6.07) is 4.28. The third-order valence-electron chi connectivity index (χ3n) is 3.69. The van der Waals surface area contributed by atoms with E-state index in [0.29, 0.717) is 0 Å². The molecule has 5 heteroatoms. The number of carbonyl (C=O) groups is 1. The summed E-state index contributed by atoms with van der Waals surface area (Å²) < 4.78 is 5.69. The van der Waals surface area contributed by atoms with Crippen LogP contribution in [-0.4, -0.2) is 43.2 Å². The smallest absolute Gasteiger partial charge is 0.248 e. The van der Waals surface area contributed by atoms with Gasteiger partial charge in [-0.05, 0) is 32.9 Å². The second-order valence-corrected chi connectivity index (χ2v) is 6.79. The zero-order valence-electron chi connectivity index (χ0n) is 12.0. The molecule has 0 saturated carbocycles. The van der Waals surface area contributed by atoms with Gasteiger partial charge in [-0.15, -0.1) is 11.3 Å². The zero-order valence-corrected chi connectivity index (χ0v) is 12.8. The van der Waals surface area contributed by atoms with E-state index < -0.39 is 0 Å². The van der Waals surface area contributed by atoms with Crippen molar-refractivity contribution in [3.63, 3.8) is 0 Å². The van der Waals surface area contributed by atoms with Crippen LogP contribution in [0.2, 0.25) is 0 Å². The van der Waals surface area contributed by atoms with Gasteiger partial charge in [0.15, 0.2) is 0 Å². The second-order valence-electron chi connectivity index (χ2n) is 5.47. The first-order chi connectivity index (χ1) is 8.91. The summed E-state index contributed by atoms with van der Waals surface area (Å²) in [6.45, 7) is 7.96. The molecule has 0 aromatic carbocycles. The van der Waals surface area contributed by atoms with Crippen molar-refractivity contribution < 1.29 is 9.53 Å². The summed E-state index contributed by atoms with van der Waals surface area (Å²) in [6.07, 6.45) is 0. The Hall–Kier alpha value is -0.910. The third-order valence-corrected chi connectivity index (χ3v) is 4.86. The fraction of sp³-hybridized carbons (Fsp3) is 0.643.